The first-order chi connectivity index (χ1) is 20.1. The van der Waals surface area contributed by atoms with E-state index in [1.165, 1.54) is 0 Å². The summed E-state index contributed by atoms with van der Waals surface area (Å²) in [4.78, 5) is 28.5. The number of nitrogens with zero attached hydrogens (tertiary/aromatic N) is 3. The summed E-state index contributed by atoms with van der Waals surface area (Å²) in [5.41, 5.74) is 9.27. The quantitative estimate of drug-likeness (QED) is 0.174. The second-order valence-electron chi connectivity index (χ2n) is 11.0. The predicted molar refractivity (Wildman–Crippen MR) is 165 cm³/mol. The number of hydrogen-bond donors (Lipinski definition) is 4. The minimum absolute atomic E-state index is 0.203. The van der Waals surface area contributed by atoms with Crippen molar-refractivity contribution in [1.82, 2.24) is 14.8 Å². The van der Waals surface area contributed by atoms with Crippen molar-refractivity contribution in [2.45, 2.75) is 39.7 Å². The lowest BCUT2D eigenvalue weighted by molar-refractivity contribution is 0.259. The maximum atomic E-state index is 13.3. The Hall–Kier alpha value is -5.38. The topological polar surface area (TPSA) is 136 Å². The molecule has 0 spiro atoms. The van der Waals surface area contributed by atoms with Crippen LogP contribution in [0.3, 0.4) is 0 Å². The fourth-order valence-corrected chi connectivity index (χ4v) is 4.42. The summed E-state index contributed by atoms with van der Waals surface area (Å²) in [7, 11) is 0. The van der Waals surface area contributed by atoms with Gasteiger partial charge in [0.15, 0.2) is 0 Å². The molecule has 4 amide bonds. The third-order valence-corrected chi connectivity index (χ3v) is 6.60. The Morgan fingerprint density at radius 3 is 2.36 bits per heavy atom. The number of anilines is 3. The monoisotopic (exact) mass is 563 g/mol. The van der Waals surface area contributed by atoms with Crippen LogP contribution in [0, 0.1) is 6.92 Å². The molecule has 5 rings (SSSR count). The van der Waals surface area contributed by atoms with Gasteiger partial charge >= 0.3 is 12.1 Å². The number of fused-ring (bicyclic) bond motifs is 1. The van der Waals surface area contributed by atoms with E-state index in [1.54, 1.807) is 23.0 Å². The van der Waals surface area contributed by atoms with Crippen LogP contribution >= 0.6 is 0 Å². The molecule has 10 heteroatoms. The molecule has 2 heterocycles. The molecule has 0 fully saturated rings. The van der Waals surface area contributed by atoms with Gasteiger partial charge in [0, 0.05) is 28.5 Å². The molecule has 0 saturated carbocycles. The van der Waals surface area contributed by atoms with Crippen LogP contribution in [-0.2, 0) is 12.0 Å². The first kappa shape index (κ1) is 28.2. The van der Waals surface area contributed by atoms with Gasteiger partial charge in [-0.1, -0.05) is 62.7 Å². The molecule has 0 aliphatic carbocycles. The minimum atomic E-state index is -0.687. The third kappa shape index (κ3) is 6.49. The minimum Gasteiger partial charge on any atom is -0.488 e. The van der Waals surface area contributed by atoms with Crippen LogP contribution in [0.25, 0.3) is 16.5 Å². The second-order valence-corrected chi connectivity index (χ2v) is 11.0. The van der Waals surface area contributed by atoms with Crippen LogP contribution in [-0.4, -0.2) is 26.8 Å². The predicted octanol–water partition coefficient (Wildman–Crippen LogP) is 6.74. The summed E-state index contributed by atoms with van der Waals surface area (Å²) in [6, 6.07) is 23.6. The number of carbonyl (C=O) groups excluding carboxylic acids is 2. The number of aryl methyl sites for hydroxylation is 1. The number of ether oxygens (including phenoxy) is 1. The molecule has 0 radical (unpaired) electrons. The van der Waals surface area contributed by atoms with Gasteiger partial charge in [-0.25, -0.2) is 19.3 Å². The van der Waals surface area contributed by atoms with Crippen LogP contribution in [0.4, 0.5) is 26.9 Å². The molecule has 0 atom stereocenters. The molecular formula is C32H33N7O3. The number of nitrogens with one attached hydrogen (secondary N) is 3. The van der Waals surface area contributed by atoms with E-state index < -0.39 is 12.1 Å². The third-order valence-electron chi connectivity index (χ3n) is 6.60. The fraction of sp³-hybridized carbons (Fsp3) is 0.188. The van der Waals surface area contributed by atoms with Crippen molar-refractivity contribution < 1.29 is 14.3 Å². The van der Waals surface area contributed by atoms with Crippen LogP contribution in [0.2, 0.25) is 0 Å². The highest BCUT2D eigenvalue weighted by Gasteiger charge is 2.22. The van der Waals surface area contributed by atoms with Gasteiger partial charge in [-0.05, 0) is 48.9 Å². The van der Waals surface area contributed by atoms with E-state index in [0.29, 0.717) is 23.1 Å². The number of hydrogen-bond acceptors (Lipinski definition) is 5. The van der Waals surface area contributed by atoms with Crippen LogP contribution < -0.4 is 26.4 Å². The van der Waals surface area contributed by atoms with Gasteiger partial charge in [0.25, 0.3) is 0 Å². The molecular weight excluding hydrogens is 530 g/mol. The normalized spacial score (nSPS) is 11.2. The number of rotatable bonds is 7. The second kappa shape index (κ2) is 11.6. The average Bonchev–Trinajstić information content (AvgIpc) is 3.37. The highest BCUT2D eigenvalue weighted by molar-refractivity contribution is 6.07. The maximum Gasteiger partial charge on any atom is 0.324 e. The SMILES string of the molecule is Cc1ccc(-n2nc(C(C)(C)C)cc2NC(=O)Nc2ccc(OCc3ccnc(NC(N)=O)c3)c3ccccc23)cc1. The summed E-state index contributed by atoms with van der Waals surface area (Å²) in [6.45, 7) is 8.52. The molecule has 0 unspecified atom stereocenters. The number of urea groups is 2. The Bertz CT molecular complexity index is 1750. The van der Waals surface area contributed by atoms with E-state index in [9.17, 15) is 9.59 Å². The Balaban J connectivity index is 1.36. The van der Waals surface area contributed by atoms with E-state index in [0.717, 1.165) is 33.3 Å². The molecule has 0 saturated heterocycles. The Labute approximate surface area is 243 Å². The Morgan fingerprint density at radius 2 is 1.64 bits per heavy atom. The molecule has 0 aliphatic rings. The molecule has 0 bridgehead atoms. The number of benzene rings is 3. The van der Waals surface area contributed by atoms with Gasteiger partial charge in [-0.15, -0.1) is 0 Å². The van der Waals surface area contributed by atoms with Gasteiger partial charge < -0.3 is 15.8 Å². The van der Waals surface area contributed by atoms with Crippen molar-refractivity contribution >= 4 is 40.2 Å². The number of carbonyl (C=O) groups is 2. The zero-order chi connectivity index (χ0) is 29.9. The summed E-state index contributed by atoms with van der Waals surface area (Å²) >= 11 is 0. The van der Waals surface area contributed by atoms with Crippen molar-refractivity contribution in [1.29, 1.82) is 0 Å². The lowest BCUT2D eigenvalue weighted by Crippen LogP contribution is -2.21. The van der Waals surface area contributed by atoms with E-state index in [-0.39, 0.29) is 12.0 Å². The van der Waals surface area contributed by atoms with Crippen molar-refractivity contribution in [3.63, 3.8) is 0 Å². The van der Waals surface area contributed by atoms with Gasteiger partial charge in [-0.2, -0.15) is 5.10 Å². The van der Waals surface area contributed by atoms with Crippen LogP contribution in [0.1, 0.15) is 37.6 Å². The first-order valence-electron chi connectivity index (χ1n) is 13.5. The number of pyridine rings is 1. The number of primary amides is 1. The van der Waals surface area contributed by atoms with Gasteiger partial charge in [-0.3, -0.25) is 10.6 Å². The zero-order valence-electron chi connectivity index (χ0n) is 23.9. The molecule has 42 heavy (non-hydrogen) atoms. The standard InChI is InChI=1S/C32H33N7O3/c1-20-9-11-22(12-10-20)39-29(18-27(38-39)32(2,3)4)37-31(41)35-25-13-14-26(24-8-6-5-7-23(24)25)42-19-21-15-16-34-28(17-21)36-30(33)40/h5-18H,19H2,1-4H3,(H2,35,37,41)(H3,33,34,36,40). The molecule has 0 aliphatic heterocycles. The fourth-order valence-electron chi connectivity index (χ4n) is 4.42. The van der Waals surface area contributed by atoms with Gasteiger partial charge in [0.05, 0.1) is 17.1 Å². The van der Waals surface area contributed by atoms with E-state index in [4.69, 9.17) is 15.6 Å². The number of aromatic nitrogens is 3. The molecule has 3 aromatic carbocycles. The zero-order valence-corrected chi connectivity index (χ0v) is 23.9. The molecule has 214 valence electrons. The molecule has 2 aromatic heterocycles. The van der Waals surface area contributed by atoms with E-state index in [2.05, 4.69) is 41.7 Å². The number of amides is 4. The van der Waals surface area contributed by atoms with Crippen LogP contribution in [0.5, 0.6) is 5.75 Å². The Kier molecular flexibility index (Phi) is 7.79. The van der Waals surface area contributed by atoms with Crippen molar-refractivity contribution in [3.8, 4) is 11.4 Å². The van der Waals surface area contributed by atoms with Gasteiger partial charge in [0.2, 0.25) is 0 Å². The van der Waals surface area contributed by atoms with Crippen molar-refractivity contribution in [2.75, 3.05) is 16.0 Å². The lowest BCUT2D eigenvalue weighted by atomic mass is 9.92. The Morgan fingerprint density at radius 1 is 0.905 bits per heavy atom. The smallest absolute Gasteiger partial charge is 0.324 e. The van der Waals surface area contributed by atoms with Crippen molar-refractivity contribution in [3.05, 3.63) is 102 Å². The maximum absolute atomic E-state index is 13.3. The largest absolute Gasteiger partial charge is 0.488 e. The first-order valence-corrected chi connectivity index (χ1v) is 13.5. The van der Waals surface area contributed by atoms with Gasteiger partial charge in [0.1, 0.15) is 24.0 Å². The summed E-state index contributed by atoms with van der Waals surface area (Å²) in [5.74, 6) is 1.55. The summed E-state index contributed by atoms with van der Waals surface area (Å²) < 4.78 is 7.87. The highest BCUT2D eigenvalue weighted by atomic mass is 16.5. The van der Waals surface area contributed by atoms with Crippen molar-refractivity contribution in [2.24, 2.45) is 5.73 Å². The number of nitrogens with two attached hydrogens (primary N) is 1. The van der Waals surface area contributed by atoms with E-state index in [1.807, 2.05) is 73.7 Å². The highest BCUT2D eigenvalue weighted by Crippen LogP contribution is 2.33. The molecule has 5 aromatic rings. The summed E-state index contributed by atoms with van der Waals surface area (Å²) in [5, 5.41) is 14.9. The van der Waals surface area contributed by atoms with Crippen LogP contribution in [0.15, 0.2) is 85.1 Å². The lowest BCUT2D eigenvalue weighted by Gasteiger charge is -2.15. The molecule has 5 N–H and O–H groups in total. The molecule has 10 nitrogen and oxygen atoms in total. The van der Waals surface area contributed by atoms with E-state index >= 15 is 0 Å². The average molecular weight is 564 g/mol. The summed E-state index contributed by atoms with van der Waals surface area (Å²) in [6.07, 6.45) is 1.57.